The van der Waals surface area contributed by atoms with Gasteiger partial charge in [0.15, 0.2) is 0 Å². The van der Waals surface area contributed by atoms with Gasteiger partial charge in [0.05, 0.1) is 19.1 Å². The molecule has 4 heteroatoms. The number of rotatable bonds is 8. The van der Waals surface area contributed by atoms with E-state index < -0.39 is 6.10 Å². The molecular formula is C20H25NO3. The van der Waals surface area contributed by atoms with Gasteiger partial charge in [0.1, 0.15) is 5.75 Å². The Bertz CT molecular complexity index is 625. The van der Waals surface area contributed by atoms with Gasteiger partial charge in [-0.15, -0.1) is 0 Å². The molecule has 2 unspecified atom stereocenters. The number of aliphatic hydroxyl groups excluding tert-OH is 1. The van der Waals surface area contributed by atoms with Crippen molar-refractivity contribution < 1.29 is 14.6 Å². The number of methoxy groups -OCH3 is 1. The van der Waals surface area contributed by atoms with Crippen molar-refractivity contribution in [3.63, 3.8) is 0 Å². The lowest BCUT2D eigenvalue weighted by Crippen LogP contribution is -2.36. The third-order valence-corrected chi connectivity index (χ3v) is 4.07. The summed E-state index contributed by atoms with van der Waals surface area (Å²) in [5, 5.41) is 13.0. The molecule has 4 nitrogen and oxygen atoms in total. The van der Waals surface area contributed by atoms with Crippen LogP contribution in [-0.4, -0.2) is 30.8 Å². The molecule has 0 aliphatic heterocycles. The van der Waals surface area contributed by atoms with Crippen LogP contribution in [0.25, 0.3) is 0 Å². The zero-order chi connectivity index (χ0) is 17.4. The average Bonchev–Trinajstić information content (AvgIpc) is 2.62. The van der Waals surface area contributed by atoms with E-state index in [1.54, 1.807) is 7.11 Å². The van der Waals surface area contributed by atoms with Crippen molar-refractivity contribution in [1.29, 1.82) is 0 Å². The van der Waals surface area contributed by atoms with E-state index in [1.165, 1.54) is 0 Å². The first-order chi connectivity index (χ1) is 11.6. The first-order valence-corrected chi connectivity index (χ1v) is 8.27. The quantitative estimate of drug-likeness (QED) is 0.784. The fourth-order valence-corrected chi connectivity index (χ4v) is 2.71. The molecule has 0 saturated heterocycles. The average molecular weight is 327 g/mol. The number of benzene rings is 2. The number of hydrogen-bond acceptors (Lipinski definition) is 3. The molecule has 2 rings (SSSR count). The minimum atomic E-state index is -0.593. The van der Waals surface area contributed by atoms with E-state index in [2.05, 4.69) is 5.32 Å². The summed E-state index contributed by atoms with van der Waals surface area (Å²) in [5.74, 6) is 0.488. The maximum absolute atomic E-state index is 12.4. The molecule has 0 aliphatic carbocycles. The van der Waals surface area contributed by atoms with E-state index in [9.17, 15) is 9.90 Å². The van der Waals surface area contributed by atoms with Gasteiger partial charge in [0.2, 0.25) is 5.91 Å². The molecule has 2 aromatic carbocycles. The molecule has 1 amide bonds. The molecule has 0 aliphatic rings. The fraction of sp³-hybridized carbons (Fsp3) is 0.350. The van der Waals surface area contributed by atoms with Crippen LogP contribution >= 0.6 is 0 Å². The molecule has 0 aromatic heterocycles. The van der Waals surface area contributed by atoms with Gasteiger partial charge in [-0.1, -0.05) is 49.4 Å². The second-order valence-electron chi connectivity index (χ2n) is 5.82. The first kappa shape index (κ1) is 18.0. The third-order valence-electron chi connectivity index (χ3n) is 4.07. The van der Waals surface area contributed by atoms with Gasteiger partial charge in [0, 0.05) is 13.0 Å². The number of carbonyl (C=O) groups excluding carboxylic acids is 1. The van der Waals surface area contributed by atoms with Crippen molar-refractivity contribution in [2.75, 3.05) is 13.7 Å². The Hall–Kier alpha value is -2.33. The highest BCUT2D eigenvalue weighted by Crippen LogP contribution is 2.22. The minimum absolute atomic E-state index is 0.0604. The Morgan fingerprint density at radius 3 is 2.38 bits per heavy atom. The van der Waals surface area contributed by atoms with E-state index in [0.29, 0.717) is 12.8 Å². The molecule has 0 spiro atoms. The van der Waals surface area contributed by atoms with Crippen LogP contribution < -0.4 is 10.1 Å². The van der Waals surface area contributed by atoms with Crippen molar-refractivity contribution in [2.24, 2.45) is 0 Å². The number of hydrogen-bond donors (Lipinski definition) is 2. The smallest absolute Gasteiger partial charge is 0.227 e. The van der Waals surface area contributed by atoms with Gasteiger partial charge in [0.25, 0.3) is 0 Å². The van der Waals surface area contributed by atoms with Gasteiger partial charge in [-0.2, -0.15) is 0 Å². The normalized spacial score (nSPS) is 13.1. The summed E-state index contributed by atoms with van der Waals surface area (Å²) >= 11 is 0. The second kappa shape index (κ2) is 9.08. The van der Waals surface area contributed by atoms with Crippen LogP contribution in [0.3, 0.4) is 0 Å². The Kier molecular flexibility index (Phi) is 6.82. The highest BCUT2D eigenvalue weighted by molar-refractivity contribution is 5.83. The molecule has 0 saturated carbocycles. The van der Waals surface area contributed by atoms with Crippen LogP contribution in [0.5, 0.6) is 5.75 Å². The predicted molar refractivity (Wildman–Crippen MR) is 95.2 cm³/mol. The highest BCUT2D eigenvalue weighted by Gasteiger charge is 2.19. The van der Waals surface area contributed by atoms with E-state index >= 15 is 0 Å². The molecule has 0 bridgehead atoms. The van der Waals surface area contributed by atoms with Crippen LogP contribution in [0.2, 0.25) is 0 Å². The molecule has 0 fully saturated rings. The molecule has 2 N–H and O–H groups in total. The summed E-state index contributed by atoms with van der Waals surface area (Å²) in [4.78, 5) is 12.4. The maximum Gasteiger partial charge on any atom is 0.227 e. The molecule has 24 heavy (non-hydrogen) atoms. The zero-order valence-corrected chi connectivity index (χ0v) is 14.2. The Labute approximate surface area is 143 Å². The van der Waals surface area contributed by atoms with E-state index in [0.717, 1.165) is 16.9 Å². The highest BCUT2D eigenvalue weighted by atomic mass is 16.5. The van der Waals surface area contributed by atoms with E-state index in [-0.39, 0.29) is 18.4 Å². The number of carbonyl (C=O) groups is 1. The maximum atomic E-state index is 12.4. The Morgan fingerprint density at radius 1 is 1.12 bits per heavy atom. The Morgan fingerprint density at radius 2 is 1.79 bits per heavy atom. The molecule has 128 valence electrons. The monoisotopic (exact) mass is 327 g/mol. The van der Waals surface area contributed by atoms with E-state index in [4.69, 9.17) is 4.74 Å². The summed E-state index contributed by atoms with van der Waals surface area (Å²) in [6.07, 6.45) is 0.637. The summed E-state index contributed by atoms with van der Waals surface area (Å²) in [5.41, 5.74) is 2.01. The van der Waals surface area contributed by atoms with Gasteiger partial charge in [-0.3, -0.25) is 4.79 Å². The number of ether oxygens (including phenoxy) is 1. The first-order valence-electron chi connectivity index (χ1n) is 8.27. The Balaban J connectivity index is 1.89. The molecular weight excluding hydrogens is 302 g/mol. The van der Waals surface area contributed by atoms with Gasteiger partial charge in [-0.25, -0.2) is 0 Å². The summed E-state index contributed by atoms with van der Waals surface area (Å²) in [6.45, 7) is 2.23. The number of nitrogens with one attached hydrogen (secondary N) is 1. The SMILES string of the molecule is CCC(C(=O)NCC(O)Cc1ccccc1)c1ccc(OC)cc1. The van der Waals surface area contributed by atoms with Gasteiger partial charge < -0.3 is 15.2 Å². The number of aliphatic hydroxyl groups is 1. The van der Waals surface area contributed by atoms with Crippen molar-refractivity contribution in [2.45, 2.75) is 31.8 Å². The van der Waals surface area contributed by atoms with Crippen LogP contribution in [0, 0.1) is 0 Å². The summed E-state index contributed by atoms with van der Waals surface area (Å²) in [6, 6.07) is 17.3. The fourth-order valence-electron chi connectivity index (χ4n) is 2.71. The van der Waals surface area contributed by atoms with E-state index in [1.807, 2.05) is 61.5 Å². The lowest BCUT2D eigenvalue weighted by Gasteiger charge is -2.18. The number of amides is 1. The van der Waals surface area contributed by atoms with Crippen molar-refractivity contribution in [3.05, 3.63) is 65.7 Å². The summed E-state index contributed by atoms with van der Waals surface area (Å²) < 4.78 is 5.14. The zero-order valence-electron chi connectivity index (χ0n) is 14.2. The van der Waals surface area contributed by atoms with Crippen LogP contribution in [0.1, 0.15) is 30.4 Å². The van der Waals surface area contributed by atoms with Gasteiger partial charge in [-0.05, 0) is 29.7 Å². The molecule has 0 radical (unpaired) electrons. The minimum Gasteiger partial charge on any atom is -0.497 e. The lowest BCUT2D eigenvalue weighted by molar-refractivity contribution is -0.123. The van der Waals surface area contributed by atoms with Crippen LogP contribution in [0.4, 0.5) is 0 Å². The standard InChI is InChI=1S/C20H25NO3/c1-3-19(16-9-11-18(24-2)12-10-16)20(23)21-14-17(22)13-15-7-5-4-6-8-15/h4-12,17,19,22H,3,13-14H2,1-2H3,(H,21,23). The van der Waals surface area contributed by atoms with Crippen molar-refractivity contribution >= 4 is 5.91 Å². The van der Waals surface area contributed by atoms with Crippen LogP contribution in [-0.2, 0) is 11.2 Å². The summed E-state index contributed by atoms with van der Waals surface area (Å²) in [7, 11) is 1.62. The second-order valence-corrected chi connectivity index (χ2v) is 5.82. The largest absolute Gasteiger partial charge is 0.497 e. The lowest BCUT2D eigenvalue weighted by atomic mass is 9.95. The van der Waals surface area contributed by atoms with Crippen LogP contribution in [0.15, 0.2) is 54.6 Å². The third kappa shape index (κ3) is 5.10. The molecule has 2 atom stereocenters. The van der Waals surface area contributed by atoms with Gasteiger partial charge >= 0.3 is 0 Å². The predicted octanol–water partition coefficient (Wildman–Crippen LogP) is 2.91. The van der Waals surface area contributed by atoms with Crippen molar-refractivity contribution in [1.82, 2.24) is 5.32 Å². The topological polar surface area (TPSA) is 58.6 Å². The molecule has 2 aromatic rings. The molecule has 0 heterocycles. The van der Waals surface area contributed by atoms with Crippen molar-refractivity contribution in [3.8, 4) is 5.75 Å².